The standard InChI is InChI=1S/C32H32ClN3O2/c1-4-22-8-14-30(29(33)17-22)36-21(3)16-26-18-25(27-19-34-35(5-2)20-27)12-13-28(26)32(36)24-10-6-23(7-11-24)9-15-31(37)38/h6-15,17-21,32H,4-5,16H2,1-3H3,(H,37,38)/b15-9+/t21-,32-/m1/s1. The number of carboxylic acid groups (broad SMARTS) is 1. The summed E-state index contributed by atoms with van der Waals surface area (Å²) in [4.78, 5) is 13.4. The number of benzene rings is 3. The number of hydrogen-bond donors (Lipinski definition) is 1. The summed E-state index contributed by atoms with van der Waals surface area (Å²) in [6, 6.07) is 21.4. The van der Waals surface area contributed by atoms with Crippen LogP contribution in [0.2, 0.25) is 5.02 Å². The molecule has 5 rings (SSSR count). The van der Waals surface area contributed by atoms with E-state index in [1.165, 1.54) is 22.3 Å². The van der Waals surface area contributed by atoms with Crippen LogP contribution in [0, 0.1) is 0 Å². The van der Waals surface area contributed by atoms with Crippen LogP contribution in [0.25, 0.3) is 17.2 Å². The summed E-state index contributed by atoms with van der Waals surface area (Å²) in [5.41, 5.74) is 9.07. The quantitative estimate of drug-likeness (QED) is 0.255. The van der Waals surface area contributed by atoms with E-state index in [1.807, 2.05) is 23.0 Å². The zero-order chi connectivity index (χ0) is 26.8. The average molecular weight is 526 g/mol. The van der Waals surface area contributed by atoms with E-state index in [4.69, 9.17) is 16.7 Å². The summed E-state index contributed by atoms with van der Waals surface area (Å²) in [7, 11) is 0. The largest absolute Gasteiger partial charge is 0.478 e. The Labute approximate surface area is 229 Å². The number of hydrogen-bond acceptors (Lipinski definition) is 3. The minimum atomic E-state index is -0.958. The maximum absolute atomic E-state index is 11.0. The number of fused-ring (bicyclic) bond motifs is 1. The van der Waals surface area contributed by atoms with Crippen LogP contribution in [0.4, 0.5) is 5.69 Å². The molecule has 38 heavy (non-hydrogen) atoms. The monoisotopic (exact) mass is 525 g/mol. The highest BCUT2D eigenvalue weighted by Crippen LogP contribution is 2.44. The van der Waals surface area contributed by atoms with Crippen LogP contribution in [0.3, 0.4) is 0 Å². The normalized spacial score (nSPS) is 17.1. The number of halogens is 1. The molecule has 0 saturated heterocycles. The van der Waals surface area contributed by atoms with Gasteiger partial charge in [-0.3, -0.25) is 4.68 Å². The van der Waals surface area contributed by atoms with Crippen molar-refractivity contribution in [2.45, 2.75) is 52.2 Å². The summed E-state index contributed by atoms with van der Waals surface area (Å²) < 4.78 is 1.95. The van der Waals surface area contributed by atoms with Crippen LogP contribution in [0.5, 0.6) is 0 Å². The lowest BCUT2D eigenvalue weighted by Crippen LogP contribution is -2.43. The van der Waals surface area contributed by atoms with Crippen molar-refractivity contribution in [1.29, 1.82) is 0 Å². The van der Waals surface area contributed by atoms with Gasteiger partial charge in [-0.15, -0.1) is 0 Å². The van der Waals surface area contributed by atoms with Crippen molar-refractivity contribution in [1.82, 2.24) is 9.78 Å². The summed E-state index contributed by atoms with van der Waals surface area (Å²) in [6.45, 7) is 7.32. The van der Waals surface area contributed by atoms with Crippen LogP contribution >= 0.6 is 11.6 Å². The fourth-order valence-electron chi connectivity index (χ4n) is 5.39. The molecule has 0 spiro atoms. The molecule has 0 saturated carbocycles. The van der Waals surface area contributed by atoms with Crippen LogP contribution in [-0.4, -0.2) is 26.9 Å². The van der Waals surface area contributed by atoms with Crippen molar-refractivity contribution >= 4 is 29.3 Å². The second-order valence-electron chi connectivity index (χ2n) is 9.84. The lowest BCUT2D eigenvalue weighted by atomic mass is 9.83. The zero-order valence-electron chi connectivity index (χ0n) is 21.9. The van der Waals surface area contributed by atoms with Crippen LogP contribution in [-0.2, 0) is 24.2 Å². The maximum Gasteiger partial charge on any atom is 0.328 e. The van der Waals surface area contributed by atoms with E-state index in [2.05, 4.69) is 85.5 Å². The van der Waals surface area contributed by atoms with Crippen LogP contribution in [0.1, 0.15) is 54.6 Å². The first-order valence-electron chi connectivity index (χ1n) is 13.1. The zero-order valence-corrected chi connectivity index (χ0v) is 22.7. The Morgan fingerprint density at radius 3 is 2.53 bits per heavy atom. The fraction of sp³-hybridized carbons (Fsp3) is 0.250. The van der Waals surface area contributed by atoms with E-state index in [0.29, 0.717) is 0 Å². The van der Waals surface area contributed by atoms with Crippen molar-refractivity contribution in [3.63, 3.8) is 0 Å². The van der Waals surface area contributed by atoms with Gasteiger partial charge < -0.3 is 10.0 Å². The molecule has 2 heterocycles. The molecule has 0 aliphatic carbocycles. The number of carbonyl (C=O) groups is 1. The van der Waals surface area contributed by atoms with E-state index in [1.54, 1.807) is 6.08 Å². The summed E-state index contributed by atoms with van der Waals surface area (Å²) in [5, 5.41) is 14.2. The number of aromatic nitrogens is 2. The Kier molecular flexibility index (Phi) is 7.39. The third-order valence-electron chi connectivity index (χ3n) is 7.37. The Hall–Kier alpha value is -3.83. The van der Waals surface area contributed by atoms with E-state index in [-0.39, 0.29) is 12.1 Å². The van der Waals surface area contributed by atoms with Gasteiger partial charge in [-0.25, -0.2) is 4.79 Å². The topological polar surface area (TPSA) is 58.4 Å². The molecule has 1 N–H and O–H groups in total. The van der Waals surface area contributed by atoms with Gasteiger partial charge in [0.25, 0.3) is 0 Å². The molecule has 1 aliphatic heterocycles. The Bertz CT molecular complexity index is 1490. The van der Waals surface area contributed by atoms with Gasteiger partial charge in [-0.2, -0.15) is 5.10 Å². The minimum absolute atomic E-state index is 0.0383. The molecule has 1 aliphatic rings. The van der Waals surface area contributed by atoms with E-state index in [0.717, 1.165) is 52.9 Å². The van der Waals surface area contributed by atoms with Gasteiger partial charge in [0.15, 0.2) is 0 Å². The van der Waals surface area contributed by atoms with E-state index in [9.17, 15) is 4.79 Å². The van der Waals surface area contributed by atoms with Gasteiger partial charge >= 0.3 is 5.97 Å². The molecule has 0 amide bonds. The van der Waals surface area contributed by atoms with Crippen LogP contribution < -0.4 is 4.90 Å². The average Bonchev–Trinajstić information content (AvgIpc) is 3.41. The number of aliphatic carboxylic acids is 1. The predicted octanol–water partition coefficient (Wildman–Crippen LogP) is 7.42. The molecule has 0 unspecified atom stereocenters. The van der Waals surface area contributed by atoms with Gasteiger partial charge in [-0.05, 0) is 78.3 Å². The molecule has 5 nitrogen and oxygen atoms in total. The third kappa shape index (κ3) is 5.11. The second-order valence-corrected chi connectivity index (χ2v) is 10.2. The number of rotatable bonds is 7. The summed E-state index contributed by atoms with van der Waals surface area (Å²) >= 11 is 6.89. The highest BCUT2D eigenvalue weighted by Gasteiger charge is 2.34. The molecule has 194 valence electrons. The smallest absolute Gasteiger partial charge is 0.328 e. The Balaban J connectivity index is 1.61. The SMILES string of the molecule is CCc1ccc(N2[C@H](c3ccc(/C=C/C(=O)O)cc3)c3ccc(-c4cnn(CC)c4)cc3C[C@H]2C)c(Cl)c1. The lowest BCUT2D eigenvalue weighted by Gasteiger charge is -2.44. The molecule has 3 aromatic carbocycles. The molecule has 0 fully saturated rings. The van der Waals surface area contributed by atoms with Crippen molar-refractivity contribution in [2.75, 3.05) is 4.90 Å². The number of carboxylic acids is 1. The van der Waals surface area contributed by atoms with Crippen molar-refractivity contribution in [3.8, 4) is 11.1 Å². The lowest BCUT2D eigenvalue weighted by molar-refractivity contribution is -0.131. The Morgan fingerprint density at radius 2 is 1.87 bits per heavy atom. The maximum atomic E-state index is 11.0. The highest BCUT2D eigenvalue weighted by atomic mass is 35.5. The summed E-state index contributed by atoms with van der Waals surface area (Å²) in [5.74, 6) is -0.958. The first-order valence-corrected chi connectivity index (χ1v) is 13.5. The van der Waals surface area contributed by atoms with E-state index < -0.39 is 5.97 Å². The summed E-state index contributed by atoms with van der Waals surface area (Å²) in [6.07, 6.45) is 8.63. The molecular weight excluding hydrogens is 494 g/mol. The molecule has 1 aromatic heterocycles. The molecule has 6 heteroatoms. The predicted molar refractivity (Wildman–Crippen MR) is 155 cm³/mol. The number of nitrogens with zero attached hydrogens (tertiary/aromatic N) is 3. The van der Waals surface area contributed by atoms with Gasteiger partial charge in [0.05, 0.1) is 22.9 Å². The van der Waals surface area contributed by atoms with Gasteiger partial charge in [0, 0.05) is 30.4 Å². The van der Waals surface area contributed by atoms with Gasteiger partial charge in [0.1, 0.15) is 0 Å². The second kappa shape index (κ2) is 10.9. The first-order chi connectivity index (χ1) is 18.4. The molecule has 2 atom stereocenters. The molecule has 0 radical (unpaired) electrons. The minimum Gasteiger partial charge on any atom is -0.478 e. The van der Waals surface area contributed by atoms with Gasteiger partial charge in [0.2, 0.25) is 0 Å². The highest BCUT2D eigenvalue weighted by molar-refractivity contribution is 6.33. The first kappa shape index (κ1) is 25.8. The number of anilines is 1. The fourth-order valence-corrected chi connectivity index (χ4v) is 5.69. The molecular formula is C32H32ClN3O2. The van der Waals surface area contributed by atoms with Crippen LogP contribution in [0.15, 0.2) is 79.1 Å². The van der Waals surface area contributed by atoms with Crippen molar-refractivity contribution in [3.05, 3.63) is 112 Å². The third-order valence-corrected chi connectivity index (χ3v) is 7.67. The van der Waals surface area contributed by atoms with E-state index >= 15 is 0 Å². The number of aryl methyl sites for hydroxylation is 2. The Morgan fingerprint density at radius 1 is 1.08 bits per heavy atom. The van der Waals surface area contributed by atoms with Crippen molar-refractivity contribution < 1.29 is 9.90 Å². The molecule has 4 aromatic rings. The molecule has 0 bridgehead atoms. The van der Waals surface area contributed by atoms with Crippen molar-refractivity contribution in [2.24, 2.45) is 0 Å². The van der Waals surface area contributed by atoms with Gasteiger partial charge in [-0.1, -0.05) is 67.1 Å².